The number of carbonyl (C=O) groups excluding carboxylic acids is 1. The van der Waals surface area contributed by atoms with Gasteiger partial charge in [0.2, 0.25) is 0 Å². The molecular weight excluding hydrogens is 294 g/mol. The van der Waals surface area contributed by atoms with Crippen LogP contribution in [0.3, 0.4) is 0 Å². The van der Waals surface area contributed by atoms with Gasteiger partial charge in [-0.15, -0.1) is 0 Å². The topological polar surface area (TPSA) is 83.3 Å². The smallest absolute Gasteiger partial charge is 0.411 e. The van der Waals surface area contributed by atoms with Gasteiger partial charge in [0, 0.05) is 5.69 Å². The number of carbonyl (C=O) groups is 1. The molecule has 2 rings (SSSR count). The van der Waals surface area contributed by atoms with Crippen molar-refractivity contribution in [3.63, 3.8) is 0 Å². The van der Waals surface area contributed by atoms with Crippen LogP contribution in [0.2, 0.25) is 0 Å². The molecule has 0 saturated heterocycles. The first-order valence-corrected chi connectivity index (χ1v) is 7.35. The molecule has 0 unspecified atom stereocenters. The first-order chi connectivity index (χ1) is 11.1. The third-order valence-electron chi connectivity index (χ3n) is 3.13. The van der Waals surface area contributed by atoms with E-state index in [-0.39, 0.29) is 11.9 Å². The van der Waals surface area contributed by atoms with Crippen LogP contribution in [-0.2, 0) is 4.74 Å². The first-order valence-electron chi connectivity index (χ1n) is 7.35. The Morgan fingerprint density at radius 1 is 1.09 bits per heavy atom. The Kier molecular flexibility index (Phi) is 5.68. The van der Waals surface area contributed by atoms with Crippen molar-refractivity contribution in [3.05, 3.63) is 48.5 Å². The standard InChI is InChI=1S/C17H19N3O3/c1-3-12(2)23-17(22)18-13-4-6-14(7-5-13)19-20-15-8-10-16(21)11-9-15/h4-12,21H,3H2,1-2H3,(H,18,22)/t12-/m0/s1. The van der Waals surface area contributed by atoms with Crippen molar-refractivity contribution in [2.24, 2.45) is 10.2 Å². The molecule has 6 nitrogen and oxygen atoms in total. The Balaban J connectivity index is 1.94. The average Bonchev–Trinajstić information content (AvgIpc) is 2.55. The number of phenolic OH excluding ortho intramolecular Hbond substituents is 1. The Bertz CT molecular complexity index is 666. The number of aromatic hydroxyl groups is 1. The highest BCUT2D eigenvalue weighted by atomic mass is 16.6. The van der Waals surface area contributed by atoms with Crippen LogP contribution in [0.25, 0.3) is 0 Å². The molecular formula is C17H19N3O3. The molecule has 2 N–H and O–H groups in total. The van der Waals surface area contributed by atoms with Gasteiger partial charge < -0.3 is 9.84 Å². The number of hydrogen-bond donors (Lipinski definition) is 2. The lowest BCUT2D eigenvalue weighted by Gasteiger charge is -2.11. The lowest BCUT2D eigenvalue weighted by Crippen LogP contribution is -2.19. The number of ether oxygens (including phenoxy) is 1. The quantitative estimate of drug-likeness (QED) is 0.748. The van der Waals surface area contributed by atoms with Gasteiger partial charge in [0.1, 0.15) is 11.9 Å². The van der Waals surface area contributed by atoms with E-state index in [4.69, 9.17) is 4.74 Å². The van der Waals surface area contributed by atoms with Crippen LogP contribution in [0, 0.1) is 0 Å². The summed E-state index contributed by atoms with van der Waals surface area (Å²) in [6.07, 6.45) is 0.176. The fourth-order valence-corrected chi connectivity index (χ4v) is 1.66. The summed E-state index contributed by atoms with van der Waals surface area (Å²) in [6, 6.07) is 13.4. The van der Waals surface area contributed by atoms with Gasteiger partial charge in [-0.25, -0.2) is 4.79 Å². The maximum Gasteiger partial charge on any atom is 0.411 e. The largest absolute Gasteiger partial charge is 0.508 e. The minimum atomic E-state index is -0.474. The van der Waals surface area contributed by atoms with Crippen molar-refractivity contribution < 1.29 is 14.6 Å². The number of nitrogens with one attached hydrogen (secondary N) is 1. The summed E-state index contributed by atoms with van der Waals surface area (Å²) in [5.74, 6) is 0.184. The number of rotatable bonds is 5. The van der Waals surface area contributed by atoms with Gasteiger partial charge in [0.25, 0.3) is 0 Å². The van der Waals surface area contributed by atoms with Crippen molar-refractivity contribution in [3.8, 4) is 5.75 Å². The fraction of sp³-hybridized carbons (Fsp3) is 0.235. The number of amides is 1. The molecule has 0 fully saturated rings. The van der Waals surface area contributed by atoms with E-state index in [2.05, 4.69) is 15.5 Å². The number of nitrogens with zero attached hydrogens (tertiary/aromatic N) is 2. The monoisotopic (exact) mass is 313 g/mol. The van der Waals surface area contributed by atoms with E-state index >= 15 is 0 Å². The molecule has 120 valence electrons. The van der Waals surface area contributed by atoms with Crippen molar-refractivity contribution in [2.45, 2.75) is 26.4 Å². The number of azo groups is 1. The maximum absolute atomic E-state index is 11.6. The SMILES string of the molecule is CC[C@H](C)OC(=O)Nc1ccc(N=Nc2ccc(O)cc2)cc1. The van der Waals surface area contributed by atoms with Gasteiger partial charge in [-0.1, -0.05) is 6.92 Å². The van der Waals surface area contributed by atoms with E-state index < -0.39 is 6.09 Å². The molecule has 2 aromatic carbocycles. The van der Waals surface area contributed by atoms with Crippen LogP contribution < -0.4 is 5.32 Å². The summed E-state index contributed by atoms with van der Waals surface area (Å²) >= 11 is 0. The van der Waals surface area contributed by atoms with Crippen LogP contribution in [0.4, 0.5) is 21.9 Å². The molecule has 1 atom stereocenters. The number of hydrogen-bond acceptors (Lipinski definition) is 5. The van der Waals surface area contributed by atoms with E-state index in [1.54, 1.807) is 48.5 Å². The fourth-order valence-electron chi connectivity index (χ4n) is 1.66. The second-order valence-electron chi connectivity index (χ2n) is 5.01. The highest BCUT2D eigenvalue weighted by Crippen LogP contribution is 2.22. The Morgan fingerprint density at radius 2 is 1.61 bits per heavy atom. The summed E-state index contributed by atoms with van der Waals surface area (Å²) in [4.78, 5) is 11.6. The average molecular weight is 313 g/mol. The zero-order valence-electron chi connectivity index (χ0n) is 13.1. The van der Waals surface area contributed by atoms with Crippen molar-refractivity contribution in [1.82, 2.24) is 0 Å². The summed E-state index contributed by atoms with van der Waals surface area (Å²) < 4.78 is 5.14. The molecule has 0 aliphatic carbocycles. The van der Waals surface area contributed by atoms with Crippen molar-refractivity contribution >= 4 is 23.2 Å². The summed E-state index contributed by atoms with van der Waals surface area (Å²) in [6.45, 7) is 3.79. The van der Waals surface area contributed by atoms with Gasteiger partial charge in [-0.05, 0) is 61.9 Å². The summed E-state index contributed by atoms with van der Waals surface area (Å²) in [5, 5.41) is 20.0. The number of anilines is 1. The zero-order chi connectivity index (χ0) is 16.7. The van der Waals surface area contributed by atoms with Crippen LogP contribution in [0.5, 0.6) is 5.75 Å². The Morgan fingerprint density at radius 3 is 2.13 bits per heavy atom. The molecule has 6 heteroatoms. The number of benzene rings is 2. The van der Waals surface area contributed by atoms with Crippen molar-refractivity contribution in [2.75, 3.05) is 5.32 Å². The highest BCUT2D eigenvalue weighted by molar-refractivity contribution is 5.84. The Labute approximate surface area is 134 Å². The molecule has 0 aromatic heterocycles. The molecule has 0 heterocycles. The molecule has 0 saturated carbocycles. The zero-order valence-corrected chi connectivity index (χ0v) is 13.1. The van der Waals surface area contributed by atoms with Crippen LogP contribution in [-0.4, -0.2) is 17.3 Å². The number of phenols is 1. The van der Waals surface area contributed by atoms with Gasteiger partial charge >= 0.3 is 6.09 Å². The predicted molar refractivity (Wildman–Crippen MR) is 88.6 cm³/mol. The molecule has 0 aliphatic rings. The van der Waals surface area contributed by atoms with Gasteiger partial charge in [-0.2, -0.15) is 10.2 Å². The second kappa shape index (κ2) is 7.93. The lowest BCUT2D eigenvalue weighted by atomic mass is 10.3. The van der Waals surface area contributed by atoms with Crippen LogP contribution in [0.1, 0.15) is 20.3 Å². The highest BCUT2D eigenvalue weighted by Gasteiger charge is 2.07. The third kappa shape index (κ3) is 5.43. The van der Waals surface area contributed by atoms with Gasteiger partial charge in [-0.3, -0.25) is 5.32 Å². The van der Waals surface area contributed by atoms with E-state index in [1.165, 1.54) is 0 Å². The third-order valence-corrected chi connectivity index (χ3v) is 3.13. The lowest BCUT2D eigenvalue weighted by molar-refractivity contribution is 0.118. The van der Waals surface area contributed by atoms with E-state index in [0.29, 0.717) is 17.1 Å². The predicted octanol–water partition coefficient (Wildman–Crippen LogP) is 5.15. The van der Waals surface area contributed by atoms with Crippen molar-refractivity contribution in [1.29, 1.82) is 0 Å². The normalized spacial score (nSPS) is 12.1. The van der Waals surface area contributed by atoms with Crippen LogP contribution >= 0.6 is 0 Å². The maximum atomic E-state index is 11.6. The van der Waals surface area contributed by atoms with Crippen LogP contribution in [0.15, 0.2) is 58.8 Å². The Hall–Kier alpha value is -2.89. The molecule has 1 amide bonds. The molecule has 0 bridgehead atoms. The molecule has 0 aliphatic heterocycles. The van der Waals surface area contributed by atoms with E-state index in [9.17, 15) is 9.90 Å². The van der Waals surface area contributed by atoms with E-state index in [0.717, 1.165) is 6.42 Å². The summed E-state index contributed by atoms with van der Waals surface area (Å²) in [5.41, 5.74) is 1.92. The molecule has 0 radical (unpaired) electrons. The molecule has 0 spiro atoms. The summed E-state index contributed by atoms with van der Waals surface area (Å²) in [7, 11) is 0. The second-order valence-corrected chi connectivity index (χ2v) is 5.01. The van der Waals surface area contributed by atoms with E-state index in [1.807, 2.05) is 13.8 Å². The first kappa shape index (κ1) is 16.5. The minimum Gasteiger partial charge on any atom is -0.508 e. The van der Waals surface area contributed by atoms with Gasteiger partial charge in [0.15, 0.2) is 0 Å². The van der Waals surface area contributed by atoms with Gasteiger partial charge in [0.05, 0.1) is 11.4 Å². The molecule has 23 heavy (non-hydrogen) atoms. The minimum absolute atomic E-state index is 0.117. The molecule has 2 aromatic rings.